The van der Waals surface area contributed by atoms with Gasteiger partial charge >= 0.3 is 5.97 Å². The molecule has 25 heavy (non-hydrogen) atoms. The number of hydroxylamine groups is 2. The number of rotatable bonds is 6. The Hall–Kier alpha value is -2.21. The molecular formula is C20H21NO4. The van der Waals surface area contributed by atoms with Gasteiger partial charge in [0.1, 0.15) is 6.10 Å². The van der Waals surface area contributed by atoms with Crippen LogP contribution in [0.4, 0.5) is 0 Å². The highest BCUT2D eigenvalue weighted by Gasteiger charge is 2.50. The van der Waals surface area contributed by atoms with Gasteiger partial charge in [0.25, 0.3) is 0 Å². The third-order valence-corrected chi connectivity index (χ3v) is 4.60. The molecule has 2 aromatic carbocycles. The van der Waals surface area contributed by atoms with Crippen LogP contribution < -0.4 is 0 Å². The molecule has 2 fully saturated rings. The van der Waals surface area contributed by atoms with Gasteiger partial charge in [-0.15, -0.1) is 0 Å². The van der Waals surface area contributed by atoms with Gasteiger partial charge in [-0.2, -0.15) is 5.06 Å². The Morgan fingerprint density at radius 3 is 2.40 bits per heavy atom. The average Bonchev–Trinajstić information content (AvgIpc) is 3.13. The minimum absolute atomic E-state index is 0.0969. The van der Waals surface area contributed by atoms with Crippen LogP contribution in [0.2, 0.25) is 0 Å². The molecule has 130 valence electrons. The van der Waals surface area contributed by atoms with E-state index < -0.39 is 0 Å². The molecule has 0 saturated carbocycles. The number of nitrogens with zero attached hydrogens (tertiary/aromatic N) is 1. The first-order chi connectivity index (χ1) is 12.3. The monoisotopic (exact) mass is 339 g/mol. The van der Waals surface area contributed by atoms with Crippen LogP contribution in [0.1, 0.15) is 17.5 Å². The summed E-state index contributed by atoms with van der Waals surface area (Å²) in [4.78, 5) is 17.6. The number of fused-ring (bicyclic) bond motifs is 1. The zero-order chi connectivity index (χ0) is 17.1. The second kappa shape index (κ2) is 7.35. The number of ether oxygens (including phenoxy) is 2. The van der Waals surface area contributed by atoms with Gasteiger partial charge in [-0.3, -0.25) is 9.63 Å². The van der Waals surface area contributed by atoms with Crippen molar-refractivity contribution in [1.29, 1.82) is 0 Å². The van der Waals surface area contributed by atoms with Crippen molar-refractivity contribution >= 4 is 5.97 Å². The predicted octanol–water partition coefficient (Wildman–Crippen LogP) is 2.70. The number of carbonyl (C=O) groups excluding carboxylic acids is 1. The molecule has 2 aromatic rings. The first-order valence-corrected chi connectivity index (χ1v) is 8.58. The lowest BCUT2D eigenvalue weighted by atomic mass is 10.1. The molecular weight excluding hydrogens is 318 g/mol. The van der Waals surface area contributed by atoms with E-state index in [2.05, 4.69) is 12.1 Å². The third-order valence-electron chi connectivity index (χ3n) is 4.60. The average molecular weight is 339 g/mol. The second-order valence-electron chi connectivity index (χ2n) is 6.43. The number of hydrogen-bond donors (Lipinski definition) is 0. The van der Waals surface area contributed by atoms with E-state index in [4.69, 9.17) is 14.3 Å². The minimum Gasteiger partial charge on any atom is -0.458 e. The standard InChI is InChI=1S/C20H21NO4/c22-19-11-18-20(24-19)17(14-23-13-16-9-5-2-6-10-16)21(25-18)12-15-7-3-1-4-8-15/h1-10,17-18,20H,11-14H2/t17-,18+,20+/m1/s1. The van der Waals surface area contributed by atoms with Gasteiger partial charge in [0, 0.05) is 6.54 Å². The molecule has 2 aliphatic heterocycles. The lowest BCUT2D eigenvalue weighted by molar-refractivity contribution is -0.181. The number of benzene rings is 2. The molecule has 3 atom stereocenters. The molecule has 0 amide bonds. The fourth-order valence-corrected chi connectivity index (χ4v) is 3.36. The van der Waals surface area contributed by atoms with E-state index in [0.29, 0.717) is 26.2 Å². The van der Waals surface area contributed by atoms with Crippen LogP contribution in [-0.4, -0.2) is 35.9 Å². The van der Waals surface area contributed by atoms with Gasteiger partial charge in [-0.25, -0.2) is 0 Å². The van der Waals surface area contributed by atoms with E-state index >= 15 is 0 Å². The highest BCUT2D eigenvalue weighted by Crippen LogP contribution is 2.33. The van der Waals surface area contributed by atoms with Crippen molar-refractivity contribution in [3.63, 3.8) is 0 Å². The van der Waals surface area contributed by atoms with Gasteiger partial charge < -0.3 is 9.47 Å². The van der Waals surface area contributed by atoms with Crippen LogP contribution in [-0.2, 0) is 32.3 Å². The maximum Gasteiger partial charge on any atom is 0.309 e. The van der Waals surface area contributed by atoms with E-state index in [1.54, 1.807) is 0 Å². The molecule has 5 nitrogen and oxygen atoms in total. The van der Waals surface area contributed by atoms with Crippen LogP contribution in [0, 0.1) is 0 Å². The molecule has 2 heterocycles. The van der Waals surface area contributed by atoms with Crippen molar-refractivity contribution < 1.29 is 19.1 Å². The predicted molar refractivity (Wildman–Crippen MR) is 91.2 cm³/mol. The highest BCUT2D eigenvalue weighted by molar-refractivity contribution is 5.72. The molecule has 0 unspecified atom stereocenters. The van der Waals surface area contributed by atoms with Crippen molar-refractivity contribution in [3.8, 4) is 0 Å². The summed E-state index contributed by atoms with van der Waals surface area (Å²) in [6, 6.07) is 20.1. The summed E-state index contributed by atoms with van der Waals surface area (Å²) in [6.07, 6.45) is -0.154. The molecule has 0 bridgehead atoms. The normalized spacial score (nSPS) is 25.8. The zero-order valence-electron chi connectivity index (χ0n) is 13.9. The summed E-state index contributed by atoms with van der Waals surface area (Å²) in [7, 11) is 0. The number of carbonyl (C=O) groups is 1. The van der Waals surface area contributed by atoms with Crippen molar-refractivity contribution in [3.05, 3.63) is 71.8 Å². The topological polar surface area (TPSA) is 48.0 Å². The highest BCUT2D eigenvalue weighted by atomic mass is 16.7. The summed E-state index contributed by atoms with van der Waals surface area (Å²) in [5, 5.41) is 1.90. The van der Waals surface area contributed by atoms with Crippen LogP contribution in [0.15, 0.2) is 60.7 Å². The molecule has 0 radical (unpaired) electrons. The quantitative estimate of drug-likeness (QED) is 0.758. The minimum atomic E-state index is -0.257. The van der Waals surface area contributed by atoms with Gasteiger partial charge in [0.15, 0.2) is 6.10 Å². The zero-order valence-corrected chi connectivity index (χ0v) is 13.9. The third kappa shape index (κ3) is 3.74. The fourth-order valence-electron chi connectivity index (χ4n) is 3.36. The van der Waals surface area contributed by atoms with E-state index in [1.807, 2.05) is 53.6 Å². The van der Waals surface area contributed by atoms with E-state index in [0.717, 1.165) is 11.1 Å². The van der Waals surface area contributed by atoms with E-state index in [9.17, 15) is 4.79 Å². The van der Waals surface area contributed by atoms with Crippen LogP contribution >= 0.6 is 0 Å². The van der Waals surface area contributed by atoms with Crippen LogP contribution in [0.5, 0.6) is 0 Å². The molecule has 5 heteroatoms. The first kappa shape index (κ1) is 16.3. The first-order valence-electron chi connectivity index (χ1n) is 8.58. The van der Waals surface area contributed by atoms with Gasteiger partial charge in [0.05, 0.1) is 25.7 Å². The Bertz CT molecular complexity index is 706. The Labute approximate surface area is 147 Å². The lowest BCUT2D eigenvalue weighted by Gasteiger charge is -2.25. The van der Waals surface area contributed by atoms with Gasteiger partial charge in [-0.05, 0) is 11.1 Å². The molecule has 0 spiro atoms. The van der Waals surface area contributed by atoms with E-state index in [-0.39, 0.29) is 24.2 Å². The van der Waals surface area contributed by atoms with E-state index in [1.165, 1.54) is 0 Å². The van der Waals surface area contributed by atoms with Crippen molar-refractivity contribution in [2.75, 3.05) is 6.61 Å². The summed E-state index contributed by atoms with van der Waals surface area (Å²) < 4.78 is 11.4. The maximum atomic E-state index is 11.6. The van der Waals surface area contributed by atoms with Crippen molar-refractivity contribution in [1.82, 2.24) is 5.06 Å². The Kier molecular flexibility index (Phi) is 4.78. The van der Waals surface area contributed by atoms with Gasteiger partial charge in [0.2, 0.25) is 0 Å². The molecule has 2 saturated heterocycles. The Morgan fingerprint density at radius 2 is 1.68 bits per heavy atom. The van der Waals surface area contributed by atoms with Gasteiger partial charge in [-0.1, -0.05) is 60.7 Å². The molecule has 0 aromatic heterocycles. The second-order valence-corrected chi connectivity index (χ2v) is 6.43. The largest absolute Gasteiger partial charge is 0.458 e. The molecule has 0 N–H and O–H groups in total. The van der Waals surface area contributed by atoms with Crippen molar-refractivity contribution in [2.24, 2.45) is 0 Å². The smallest absolute Gasteiger partial charge is 0.309 e. The molecule has 4 rings (SSSR count). The molecule has 2 aliphatic rings. The Morgan fingerprint density at radius 1 is 1.00 bits per heavy atom. The summed E-state index contributed by atoms with van der Waals surface area (Å²) in [5.74, 6) is -0.192. The van der Waals surface area contributed by atoms with Crippen LogP contribution in [0.3, 0.4) is 0 Å². The summed E-state index contributed by atoms with van der Waals surface area (Å²) in [6.45, 7) is 1.63. The SMILES string of the molecule is O=C1C[C@@H]2ON(Cc3ccccc3)[C@H](COCc3ccccc3)[C@@H]2O1. The lowest BCUT2D eigenvalue weighted by Crippen LogP contribution is -2.39. The fraction of sp³-hybridized carbons (Fsp3) is 0.350. The van der Waals surface area contributed by atoms with Crippen molar-refractivity contribution in [2.45, 2.75) is 37.8 Å². The van der Waals surface area contributed by atoms with Crippen LogP contribution in [0.25, 0.3) is 0 Å². The maximum absolute atomic E-state index is 11.6. The number of hydrogen-bond acceptors (Lipinski definition) is 5. The molecule has 0 aliphatic carbocycles. The summed E-state index contributed by atoms with van der Waals surface area (Å²) in [5.41, 5.74) is 2.28. The summed E-state index contributed by atoms with van der Waals surface area (Å²) >= 11 is 0. The Balaban J connectivity index is 1.42. The number of esters is 1.